The van der Waals surface area contributed by atoms with E-state index in [1.807, 2.05) is 0 Å². The molecule has 0 unspecified atom stereocenters. The molecule has 1 saturated heterocycles. The number of rotatable bonds is 6. The Bertz CT molecular complexity index is 303. The predicted molar refractivity (Wildman–Crippen MR) is 69.9 cm³/mol. The van der Waals surface area contributed by atoms with Crippen molar-refractivity contribution in [1.82, 2.24) is 15.5 Å². The average Bonchev–Trinajstić information content (AvgIpc) is 2.37. The molecular weight excluding hydrogens is 250 g/mol. The molecule has 0 radical (unpaired) electrons. The summed E-state index contributed by atoms with van der Waals surface area (Å²) in [7, 11) is 2.07. The molecule has 1 aliphatic rings. The number of likely N-dealkylation sites (tertiary alicyclic amines) is 1. The number of amides is 2. The zero-order chi connectivity index (χ0) is 14.3. The highest BCUT2D eigenvalue weighted by atomic mass is 16.4. The summed E-state index contributed by atoms with van der Waals surface area (Å²) in [5.74, 6) is -0.688. The Hall–Kier alpha value is -1.34. The van der Waals surface area contributed by atoms with Crippen LogP contribution < -0.4 is 10.6 Å². The van der Waals surface area contributed by atoms with Crippen molar-refractivity contribution in [3.8, 4) is 0 Å². The van der Waals surface area contributed by atoms with E-state index in [1.165, 1.54) is 0 Å². The Kier molecular flexibility index (Phi) is 6.58. The number of carbonyl (C=O) groups is 2. The maximum absolute atomic E-state index is 11.6. The minimum atomic E-state index is -1.14. The monoisotopic (exact) mass is 273 g/mol. The van der Waals surface area contributed by atoms with Crippen molar-refractivity contribution in [2.24, 2.45) is 5.92 Å². The van der Waals surface area contributed by atoms with Crippen molar-refractivity contribution in [2.75, 3.05) is 33.3 Å². The number of piperidine rings is 1. The van der Waals surface area contributed by atoms with Gasteiger partial charge in [-0.3, -0.25) is 0 Å². The number of hydrogen-bond donors (Lipinski definition) is 4. The molecule has 0 aromatic rings. The molecule has 1 heterocycles. The molecule has 1 rings (SSSR count). The summed E-state index contributed by atoms with van der Waals surface area (Å²) >= 11 is 0. The van der Waals surface area contributed by atoms with E-state index in [2.05, 4.69) is 22.6 Å². The zero-order valence-electron chi connectivity index (χ0n) is 11.3. The van der Waals surface area contributed by atoms with Crippen molar-refractivity contribution in [3.63, 3.8) is 0 Å². The predicted octanol–water partition coefficient (Wildman–Crippen LogP) is -0.537. The molecule has 19 heavy (non-hydrogen) atoms. The fourth-order valence-electron chi connectivity index (χ4n) is 2.10. The first-order valence-electron chi connectivity index (χ1n) is 6.59. The van der Waals surface area contributed by atoms with Crippen LogP contribution in [0.1, 0.15) is 19.3 Å². The second-order valence-corrected chi connectivity index (χ2v) is 5.00. The van der Waals surface area contributed by atoms with E-state index in [0.29, 0.717) is 12.5 Å². The van der Waals surface area contributed by atoms with Gasteiger partial charge in [0.2, 0.25) is 0 Å². The van der Waals surface area contributed by atoms with Crippen molar-refractivity contribution in [2.45, 2.75) is 25.3 Å². The van der Waals surface area contributed by atoms with Gasteiger partial charge >= 0.3 is 12.0 Å². The quantitative estimate of drug-likeness (QED) is 0.521. The Morgan fingerprint density at radius 3 is 2.53 bits per heavy atom. The molecule has 0 aromatic heterocycles. The van der Waals surface area contributed by atoms with Crippen LogP contribution in [0.4, 0.5) is 4.79 Å². The van der Waals surface area contributed by atoms with E-state index < -0.39 is 18.0 Å². The molecule has 0 aromatic carbocycles. The minimum absolute atomic E-state index is 0.0109. The van der Waals surface area contributed by atoms with Crippen LogP contribution in [0.25, 0.3) is 0 Å². The van der Waals surface area contributed by atoms with E-state index in [4.69, 9.17) is 10.2 Å². The summed E-state index contributed by atoms with van der Waals surface area (Å²) in [5.41, 5.74) is 0. The van der Waals surface area contributed by atoms with Crippen LogP contribution >= 0.6 is 0 Å². The average molecular weight is 273 g/mol. The van der Waals surface area contributed by atoms with E-state index in [9.17, 15) is 9.59 Å². The molecule has 110 valence electrons. The van der Waals surface area contributed by atoms with Gasteiger partial charge in [-0.25, -0.2) is 9.59 Å². The fourth-order valence-corrected chi connectivity index (χ4v) is 2.10. The van der Waals surface area contributed by atoms with Gasteiger partial charge in [0.1, 0.15) is 6.04 Å². The summed E-state index contributed by atoms with van der Waals surface area (Å²) in [6.07, 6.45) is 2.09. The van der Waals surface area contributed by atoms with Crippen molar-refractivity contribution in [1.29, 1.82) is 0 Å². The fraction of sp³-hybridized carbons (Fsp3) is 0.833. The van der Waals surface area contributed by atoms with Gasteiger partial charge in [-0.05, 0) is 38.9 Å². The van der Waals surface area contributed by atoms with Crippen LogP contribution in [0.15, 0.2) is 0 Å². The lowest BCUT2D eigenvalue weighted by Gasteiger charge is -2.29. The van der Waals surface area contributed by atoms with Gasteiger partial charge in [0.25, 0.3) is 0 Å². The highest BCUT2D eigenvalue weighted by Crippen LogP contribution is 2.14. The summed E-state index contributed by atoms with van der Waals surface area (Å²) in [6.45, 7) is 2.34. The van der Waals surface area contributed by atoms with Gasteiger partial charge < -0.3 is 25.7 Å². The van der Waals surface area contributed by atoms with Crippen LogP contribution in [-0.4, -0.2) is 66.4 Å². The molecule has 7 heteroatoms. The highest BCUT2D eigenvalue weighted by Gasteiger charge is 2.21. The summed E-state index contributed by atoms with van der Waals surface area (Å²) in [6, 6.07) is -1.53. The van der Waals surface area contributed by atoms with Crippen LogP contribution in [0.3, 0.4) is 0 Å². The molecule has 2 amide bonds. The summed E-state index contributed by atoms with van der Waals surface area (Å²) in [4.78, 5) is 24.6. The molecule has 1 aliphatic heterocycles. The van der Waals surface area contributed by atoms with Gasteiger partial charge in [0.05, 0.1) is 0 Å². The number of hydrogen-bond acceptors (Lipinski definition) is 4. The SMILES string of the molecule is CN1CCC(CNC(=O)N[C@@H](CCO)C(=O)O)CC1. The lowest BCUT2D eigenvalue weighted by Crippen LogP contribution is -2.48. The number of carboxylic acids is 1. The maximum atomic E-state index is 11.6. The Morgan fingerprint density at radius 1 is 1.37 bits per heavy atom. The van der Waals surface area contributed by atoms with Gasteiger partial charge in [-0.1, -0.05) is 0 Å². The largest absolute Gasteiger partial charge is 0.480 e. The lowest BCUT2D eigenvalue weighted by atomic mass is 9.97. The van der Waals surface area contributed by atoms with E-state index in [-0.39, 0.29) is 13.0 Å². The van der Waals surface area contributed by atoms with Crippen LogP contribution in [0.5, 0.6) is 0 Å². The van der Waals surface area contributed by atoms with Crippen molar-refractivity contribution < 1.29 is 19.8 Å². The van der Waals surface area contributed by atoms with Crippen molar-refractivity contribution in [3.05, 3.63) is 0 Å². The van der Waals surface area contributed by atoms with E-state index in [0.717, 1.165) is 25.9 Å². The molecule has 0 bridgehead atoms. The Balaban J connectivity index is 2.24. The van der Waals surface area contributed by atoms with Gasteiger partial charge in [-0.2, -0.15) is 0 Å². The molecular formula is C12H23N3O4. The number of carbonyl (C=O) groups excluding carboxylic acids is 1. The number of aliphatic hydroxyl groups excluding tert-OH is 1. The molecule has 0 spiro atoms. The third-order valence-electron chi connectivity index (χ3n) is 3.41. The molecule has 1 atom stereocenters. The standard InChI is InChI=1S/C12H23N3O4/c1-15-5-2-9(3-6-15)8-13-12(19)14-10(4-7-16)11(17)18/h9-10,16H,2-8H2,1H3,(H,17,18)(H2,13,14,19)/t10-/m0/s1. The first-order valence-corrected chi connectivity index (χ1v) is 6.59. The van der Waals surface area contributed by atoms with Crippen LogP contribution in [-0.2, 0) is 4.79 Å². The number of aliphatic carboxylic acids is 1. The van der Waals surface area contributed by atoms with E-state index in [1.54, 1.807) is 0 Å². The number of nitrogens with one attached hydrogen (secondary N) is 2. The first kappa shape index (κ1) is 15.7. The Labute approximate surface area is 113 Å². The maximum Gasteiger partial charge on any atom is 0.326 e. The molecule has 0 saturated carbocycles. The molecule has 1 fully saturated rings. The third-order valence-corrected chi connectivity index (χ3v) is 3.41. The van der Waals surface area contributed by atoms with Gasteiger partial charge in [-0.15, -0.1) is 0 Å². The van der Waals surface area contributed by atoms with Crippen LogP contribution in [0.2, 0.25) is 0 Å². The smallest absolute Gasteiger partial charge is 0.326 e. The lowest BCUT2D eigenvalue weighted by molar-refractivity contribution is -0.139. The van der Waals surface area contributed by atoms with E-state index >= 15 is 0 Å². The third kappa shape index (κ3) is 5.89. The summed E-state index contributed by atoms with van der Waals surface area (Å²) < 4.78 is 0. The minimum Gasteiger partial charge on any atom is -0.480 e. The topological polar surface area (TPSA) is 102 Å². The number of aliphatic hydroxyl groups is 1. The number of nitrogens with zero attached hydrogens (tertiary/aromatic N) is 1. The highest BCUT2D eigenvalue weighted by molar-refractivity contribution is 5.82. The number of urea groups is 1. The second-order valence-electron chi connectivity index (χ2n) is 5.00. The summed E-state index contributed by atoms with van der Waals surface area (Å²) in [5, 5.41) is 22.6. The Morgan fingerprint density at radius 2 is 2.00 bits per heavy atom. The normalized spacial score (nSPS) is 18.8. The number of carboxylic acid groups (broad SMARTS) is 1. The van der Waals surface area contributed by atoms with Gasteiger partial charge in [0, 0.05) is 19.6 Å². The zero-order valence-corrected chi connectivity index (χ0v) is 11.3. The van der Waals surface area contributed by atoms with Gasteiger partial charge in [0.15, 0.2) is 0 Å². The van der Waals surface area contributed by atoms with Crippen LogP contribution in [0, 0.1) is 5.92 Å². The first-order chi connectivity index (χ1) is 9.02. The molecule has 0 aliphatic carbocycles. The molecule has 4 N–H and O–H groups in total. The second kappa shape index (κ2) is 7.96. The van der Waals surface area contributed by atoms with Crippen molar-refractivity contribution >= 4 is 12.0 Å². The molecule has 7 nitrogen and oxygen atoms in total.